The van der Waals surface area contributed by atoms with Crippen molar-refractivity contribution < 1.29 is 4.74 Å². The van der Waals surface area contributed by atoms with E-state index in [0.29, 0.717) is 6.10 Å². The van der Waals surface area contributed by atoms with Crippen LogP contribution >= 0.6 is 0 Å². The summed E-state index contributed by atoms with van der Waals surface area (Å²) in [6, 6.07) is 8.31. The molecule has 1 aromatic carbocycles. The summed E-state index contributed by atoms with van der Waals surface area (Å²) in [4.78, 5) is 4.58. The molecule has 0 spiro atoms. The first-order chi connectivity index (χ1) is 9.34. The molecule has 0 saturated carbocycles. The van der Waals surface area contributed by atoms with Crippen LogP contribution < -0.4 is 5.32 Å². The van der Waals surface area contributed by atoms with Crippen LogP contribution in [0.2, 0.25) is 0 Å². The number of ether oxygens (including phenoxy) is 1. The van der Waals surface area contributed by atoms with Crippen LogP contribution in [0, 0.1) is 6.92 Å². The summed E-state index contributed by atoms with van der Waals surface area (Å²) in [5.41, 5.74) is 2.30. The Kier molecular flexibility index (Phi) is 3.80. The van der Waals surface area contributed by atoms with Gasteiger partial charge in [0, 0.05) is 26.2 Å². The number of hydrogen-bond donors (Lipinski definition) is 1. The molecule has 4 nitrogen and oxygen atoms in total. The molecule has 2 heterocycles. The van der Waals surface area contributed by atoms with Gasteiger partial charge in [-0.3, -0.25) is 0 Å². The zero-order valence-electron chi connectivity index (χ0n) is 11.4. The van der Waals surface area contributed by atoms with E-state index >= 15 is 0 Å². The fraction of sp³-hybridized carbons (Fsp3) is 0.533. The molecule has 0 radical (unpaired) electrons. The second-order valence-electron chi connectivity index (χ2n) is 5.14. The number of benzene rings is 1. The maximum absolute atomic E-state index is 5.60. The van der Waals surface area contributed by atoms with E-state index in [4.69, 9.17) is 4.74 Å². The normalized spacial score (nSPS) is 19.3. The first-order valence-corrected chi connectivity index (χ1v) is 7.09. The van der Waals surface area contributed by atoms with Crippen LogP contribution in [0.4, 0.5) is 0 Å². The Balaban J connectivity index is 1.57. The predicted molar refractivity (Wildman–Crippen MR) is 76.3 cm³/mol. The minimum absolute atomic E-state index is 0.417. The molecule has 1 aliphatic rings. The van der Waals surface area contributed by atoms with E-state index in [-0.39, 0.29) is 0 Å². The van der Waals surface area contributed by atoms with Crippen LogP contribution in [-0.4, -0.2) is 35.4 Å². The van der Waals surface area contributed by atoms with Crippen molar-refractivity contribution in [2.24, 2.45) is 0 Å². The molecule has 1 unspecified atom stereocenters. The maximum atomic E-state index is 5.60. The van der Waals surface area contributed by atoms with Crippen LogP contribution in [0.3, 0.4) is 0 Å². The van der Waals surface area contributed by atoms with Gasteiger partial charge in [-0.2, -0.15) is 0 Å². The predicted octanol–water partition coefficient (Wildman–Crippen LogP) is 2.11. The number of para-hydroxylation sites is 2. The number of hydrogen-bond acceptors (Lipinski definition) is 3. The molecule has 4 heteroatoms. The summed E-state index contributed by atoms with van der Waals surface area (Å²) in [5, 5.41) is 3.48. The molecule has 0 bridgehead atoms. The summed E-state index contributed by atoms with van der Waals surface area (Å²) in [7, 11) is 0. The highest BCUT2D eigenvalue weighted by molar-refractivity contribution is 5.75. The van der Waals surface area contributed by atoms with Crippen molar-refractivity contribution in [1.29, 1.82) is 0 Å². The quantitative estimate of drug-likeness (QED) is 0.836. The molecular weight excluding hydrogens is 238 g/mol. The van der Waals surface area contributed by atoms with Crippen molar-refractivity contribution in [1.82, 2.24) is 14.9 Å². The molecule has 0 aliphatic carbocycles. The van der Waals surface area contributed by atoms with Gasteiger partial charge in [0.15, 0.2) is 0 Å². The minimum atomic E-state index is 0.417. The Morgan fingerprint density at radius 1 is 1.42 bits per heavy atom. The molecule has 19 heavy (non-hydrogen) atoms. The van der Waals surface area contributed by atoms with Crippen molar-refractivity contribution in [3.8, 4) is 0 Å². The van der Waals surface area contributed by atoms with Crippen LogP contribution in [0.1, 0.15) is 18.7 Å². The Hall–Kier alpha value is -1.39. The van der Waals surface area contributed by atoms with Crippen LogP contribution in [0.25, 0.3) is 11.0 Å². The molecule has 1 aliphatic heterocycles. The summed E-state index contributed by atoms with van der Waals surface area (Å²) < 4.78 is 7.88. The Morgan fingerprint density at radius 3 is 3.16 bits per heavy atom. The van der Waals surface area contributed by atoms with Gasteiger partial charge in [-0.25, -0.2) is 4.98 Å². The van der Waals surface area contributed by atoms with Crippen molar-refractivity contribution in [3.63, 3.8) is 0 Å². The van der Waals surface area contributed by atoms with Gasteiger partial charge >= 0.3 is 0 Å². The molecule has 2 aromatic rings. The van der Waals surface area contributed by atoms with E-state index in [1.54, 1.807) is 0 Å². The number of nitrogens with one attached hydrogen (secondary N) is 1. The topological polar surface area (TPSA) is 39.1 Å². The van der Waals surface area contributed by atoms with E-state index in [1.165, 1.54) is 18.4 Å². The van der Waals surface area contributed by atoms with E-state index in [9.17, 15) is 0 Å². The monoisotopic (exact) mass is 259 g/mol. The zero-order valence-corrected chi connectivity index (χ0v) is 11.4. The van der Waals surface area contributed by atoms with Crippen molar-refractivity contribution in [3.05, 3.63) is 30.1 Å². The molecule has 1 aromatic heterocycles. The highest BCUT2D eigenvalue weighted by Crippen LogP contribution is 2.15. The average molecular weight is 259 g/mol. The summed E-state index contributed by atoms with van der Waals surface area (Å²) in [6.45, 7) is 5.88. The van der Waals surface area contributed by atoms with Gasteiger partial charge in [0.05, 0.1) is 17.1 Å². The number of fused-ring (bicyclic) bond motifs is 1. The molecule has 102 valence electrons. The highest BCUT2D eigenvalue weighted by atomic mass is 16.5. The minimum Gasteiger partial charge on any atom is -0.377 e. The summed E-state index contributed by atoms with van der Waals surface area (Å²) in [5.74, 6) is 1.08. The van der Waals surface area contributed by atoms with E-state index in [2.05, 4.69) is 40.0 Å². The van der Waals surface area contributed by atoms with Crippen molar-refractivity contribution in [2.45, 2.75) is 32.4 Å². The third kappa shape index (κ3) is 2.80. The molecule has 1 fully saturated rings. The second kappa shape index (κ2) is 5.72. The van der Waals surface area contributed by atoms with Gasteiger partial charge < -0.3 is 14.6 Å². The summed E-state index contributed by atoms with van der Waals surface area (Å²) in [6.07, 6.45) is 2.82. The first-order valence-electron chi connectivity index (χ1n) is 7.09. The zero-order chi connectivity index (χ0) is 13.1. The third-order valence-electron chi connectivity index (χ3n) is 3.75. The van der Waals surface area contributed by atoms with Gasteiger partial charge in [-0.05, 0) is 31.9 Å². The Bertz CT molecular complexity index is 543. The lowest BCUT2D eigenvalue weighted by atomic mass is 10.2. The number of rotatable bonds is 5. The van der Waals surface area contributed by atoms with Gasteiger partial charge in [-0.15, -0.1) is 0 Å². The van der Waals surface area contributed by atoms with Crippen LogP contribution in [0.5, 0.6) is 0 Å². The highest BCUT2D eigenvalue weighted by Gasteiger charge is 2.14. The van der Waals surface area contributed by atoms with E-state index in [0.717, 1.165) is 37.6 Å². The van der Waals surface area contributed by atoms with E-state index in [1.807, 2.05) is 6.07 Å². The van der Waals surface area contributed by atoms with Crippen LogP contribution in [-0.2, 0) is 11.3 Å². The third-order valence-corrected chi connectivity index (χ3v) is 3.75. The molecule has 1 atom stereocenters. The molecular formula is C15H21N3O. The van der Waals surface area contributed by atoms with Crippen LogP contribution in [0.15, 0.2) is 24.3 Å². The number of imidazole rings is 1. The standard InChI is InChI=1S/C15H21N3O/c1-12-17-14-6-2-3-7-15(14)18(12)9-8-16-11-13-5-4-10-19-13/h2-3,6-7,13,16H,4-5,8-11H2,1H3. The Labute approximate surface area is 113 Å². The fourth-order valence-corrected chi connectivity index (χ4v) is 2.74. The second-order valence-corrected chi connectivity index (χ2v) is 5.14. The number of aromatic nitrogens is 2. The smallest absolute Gasteiger partial charge is 0.106 e. The van der Waals surface area contributed by atoms with Crippen molar-refractivity contribution >= 4 is 11.0 Å². The Morgan fingerprint density at radius 2 is 2.32 bits per heavy atom. The molecule has 0 amide bonds. The largest absolute Gasteiger partial charge is 0.377 e. The van der Waals surface area contributed by atoms with E-state index < -0.39 is 0 Å². The average Bonchev–Trinajstić information content (AvgIpc) is 3.02. The number of nitrogens with zero attached hydrogens (tertiary/aromatic N) is 2. The lowest BCUT2D eigenvalue weighted by molar-refractivity contribution is 0.110. The number of aryl methyl sites for hydroxylation is 1. The molecule has 3 rings (SSSR count). The van der Waals surface area contributed by atoms with Gasteiger partial charge in [0.25, 0.3) is 0 Å². The van der Waals surface area contributed by atoms with Gasteiger partial charge in [0.2, 0.25) is 0 Å². The maximum Gasteiger partial charge on any atom is 0.106 e. The van der Waals surface area contributed by atoms with Gasteiger partial charge in [0.1, 0.15) is 5.82 Å². The lowest BCUT2D eigenvalue weighted by Crippen LogP contribution is -2.29. The van der Waals surface area contributed by atoms with Gasteiger partial charge in [-0.1, -0.05) is 12.1 Å². The SMILES string of the molecule is Cc1nc2ccccc2n1CCNCC1CCCO1. The molecule has 1 N–H and O–H groups in total. The van der Waals surface area contributed by atoms with Crippen molar-refractivity contribution in [2.75, 3.05) is 19.7 Å². The lowest BCUT2D eigenvalue weighted by Gasteiger charge is -2.12. The summed E-state index contributed by atoms with van der Waals surface area (Å²) >= 11 is 0. The fourth-order valence-electron chi connectivity index (χ4n) is 2.74. The first kappa shape index (κ1) is 12.6. The molecule has 1 saturated heterocycles.